The molecule has 128 valence electrons. The zero-order valence-corrected chi connectivity index (χ0v) is 14.7. The van der Waals surface area contributed by atoms with E-state index in [-0.39, 0.29) is 5.91 Å². The van der Waals surface area contributed by atoms with Crippen LogP contribution in [0, 0.1) is 13.8 Å². The Kier molecular flexibility index (Phi) is 5.34. The number of carbonyl (C=O) groups excluding carboxylic acids is 1. The quantitative estimate of drug-likeness (QED) is 0.907. The summed E-state index contributed by atoms with van der Waals surface area (Å²) in [7, 11) is 0. The number of para-hydroxylation sites is 1. The Hall–Kier alpha value is -2.10. The van der Waals surface area contributed by atoms with Gasteiger partial charge in [-0.3, -0.25) is 4.79 Å². The molecule has 1 amide bonds. The van der Waals surface area contributed by atoms with Crippen LogP contribution in [0.3, 0.4) is 0 Å². The molecular formula is C20H27N3O. The van der Waals surface area contributed by atoms with Gasteiger partial charge in [0.25, 0.3) is 0 Å². The molecule has 0 spiro atoms. The number of rotatable bonds is 5. The summed E-state index contributed by atoms with van der Waals surface area (Å²) in [5.41, 5.74) is 4.40. The maximum absolute atomic E-state index is 12.2. The predicted molar refractivity (Wildman–Crippen MR) is 96.4 cm³/mol. The number of aromatic nitrogens is 2. The molecule has 0 saturated heterocycles. The highest BCUT2D eigenvalue weighted by molar-refractivity contribution is 5.76. The first-order chi connectivity index (χ1) is 11.6. The van der Waals surface area contributed by atoms with Crippen molar-refractivity contribution in [3.63, 3.8) is 0 Å². The molecule has 1 fully saturated rings. The van der Waals surface area contributed by atoms with Crippen molar-refractivity contribution in [3.8, 4) is 5.69 Å². The third-order valence-electron chi connectivity index (χ3n) is 5.01. The zero-order valence-electron chi connectivity index (χ0n) is 14.7. The maximum Gasteiger partial charge on any atom is 0.220 e. The predicted octanol–water partition coefficient (Wildman–Crippen LogP) is 3.87. The number of aryl methyl sites for hydroxylation is 1. The number of hydrogen-bond donors (Lipinski definition) is 1. The lowest BCUT2D eigenvalue weighted by Crippen LogP contribution is -2.36. The average Bonchev–Trinajstić information content (AvgIpc) is 2.89. The van der Waals surface area contributed by atoms with Crippen molar-refractivity contribution in [2.24, 2.45) is 0 Å². The summed E-state index contributed by atoms with van der Waals surface area (Å²) in [6, 6.07) is 10.5. The molecule has 4 heteroatoms. The first-order valence-corrected chi connectivity index (χ1v) is 9.05. The smallest absolute Gasteiger partial charge is 0.220 e. The van der Waals surface area contributed by atoms with E-state index in [2.05, 4.69) is 29.5 Å². The SMILES string of the molecule is Cc1nn(-c2ccccc2)c(C)c1CCC(=O)NC1CCCCC1. The Morgan fingerprint density at radius 2 is 1.88 bits per heavy atom. The molecule has 1 N–H and O–H groups in total. The van der Waals surface area contributed by atoms with Gasteiger partial charge >= 0.3 is 0 Å². The van der Waals surface area contributed by atoms with E-state index in [0.717, 1.165) is 36.3 Å². The highest BCUT2D eigenvalue weighted by Crippen LogP contribution is 2.20. The number of carbonyl (C=O) groups is 1. The topological polar surface area (TPSA) is 46.9 Å². The van der Waals surface area contributed by atoms with Crippen molar-refractivity contribution >= 4 is 5.91 Å². The van der Waals surface area contributed by atoms with Crippen LogP contribution in [0.5, 0.6) is 0 Å². The molecule has 1 saturated carbocycles. The fourth-order valence-electron chi connectivity index (χ4n) is 3.64. The molecule has 1 heterocycles. The molecule has 0 radical (unpaired) electrons. The van der Waals surface area contributed by atoms with Gasteiger partial charge < -0.3 is 5.32 Å². The van der Waals surface area contributed by atoms with Gasteiger partial charge in [0, 0.05) is 18.2 Å². The molecule has 1 aliphatic rings. The van der Waals surface area contributed by atoms with Gasteiger partial charge in [-0.1, -0.05) is 37.5 Å². The largest absolute Gasteiger partial charge is 0.353 e. The normalized spacial score (nSPS) is 15.4. The molecule has 1 aromatic heterocycles. The number of nitrogens with zero attached hydrogens (tertiary/aromatic N) is 2. The minimum Gasteiger partial charge on any atom is -0.353 e. The van der Waals surface area contributed by atoms with E-state index >= 15 is 0 Å². The van der Waals surface area contributed by atoms with Gasteiger partial charge in [0.1, 0.15) is 0 Å². The van der Waals surface area contributed by atoms with Crippen LogP contribution >= 0.6 is 0 Å². The first kappa shape index (κ1) is 16.7. The number of nitrogens with one attached hydrogen (secondary N) is 1. The molecule has 0 aliphatic heterocycles. The monoisotopic (exact) mass is 325 g/mol. The number of hydrogen-bond acceptors (Lipinski definition) is 2. The summed E-state index contributed by atoms with van der Waals surface area (Å²) < 4.78 is 1.98. The van der Waals surface area contributed by atoms with E-state index in [1.54, 1.807) is 0 Å². The van der Waals surface area contributed by atoms with E-state index in [9.17, 15) is 4.79 Å². The van der Waals surface area contributed by atoms with E-state index < -0.39 is 0 Å². The van der Waals surface area contributed by atoms with Crippen LogP contribution in [-0.4, -0.2) is 21.7 Å². The van der Waals surface area contributed by atoms with Gasteiger partial charge in [0.05, 0.1) is 11.4 Å². The van der Waals surface area contributed by atoms with Crippen molar-refractivity contribution in [3.05, 3.63) is 47.3 Å². The molecule has 1 aromatic carbocycles. The van der Waals surface area contributed by atoms with Crippen LogP contribution in [0.25, 0.3) is 5.69 Å². The third-order valence-corrected chi connectivity index (χ3v) is 5.01. The maximum atomic E-state index is 12.2. The zero-order chi connectivity index (χ0) is 16.9. The van der Waals surface area contributed by atoms with Crippen molar-refractivity contribution in [2.45, 2.75) is 64.8 Å². The second-order valence-electron chi connectivity index (χ2n) is 6.80. The lowest BCUT2D eigenvalue weighted by atomic mass is 9.95. The molecule has 3 rings (SSSR count). The van der Waals surface area contributed by atoms with Gasteiger partial charge in [-0.2, -0.15) is 5.10 Å². The highest BCUT2D eigenvalue weighted by Gasteiger charge is 2.17. The van der Waals surface area contributed by atoms with Crippen molar-refractivity contribution in [1.29, 1.82) is 0 Å². The molecule has 0 unspecified atom stereocenters. The standard InChI is InChI=1S/C20H27N3O/c1-15-19(13-14-20(24)21-17-9-5-3-6-10-17)16(2)23(22-15)18-11-7-4-8-12-18/h4,7-8,11-12,17H,3,5-6,9-10,13-14H2,1-2H3,(H,21,24). The van der Waals surface area contributed by atoms with E-state index in [1.807, 2.05) is 29.8 Å². The second-order valence-corrected chi connectivity index (χ2v) is 6.80. The summed E-state index contributed by atoms with van der Waals surface area (Å²) in [5, 5.41) is 7.86. The van der Waals surface area contributed by atoms with Crippen molar-refractivity contribution in [2.75, 3.05) is 0 Å². The molecule has 0 bridgehead atoms. The van der Waals surface area contributed by atoms with E-state index in [0.29, 0.717) is 12.5 Å². The summed E-state index contributed by atoms with van der Waals surface area (Å²) in [5.74, 6) is 0.174. The van der Waals surface area contributed by atoms with Crippen LogP contribution < -0.4 is 5.32 Å². The van der Waals surface area contributed by atoms with Gasteiger partial charge in [0.2, 0.25) is 5.91 Å². The van der Waals surface area contributed by atoms with Crippen LogP contribution in [0.15, 0.2) is 30.3 Å². The van der Waals surface area contributed by atoms with Crippen LogP contribution in [0.2, 0.25) is 0 Å². The Bertz CT molecular complexity index is 684. The Balaban J connectivity index is 1.63. The van der Waals surface area contributed by atoms with Gasteiger partial charge in [-0.25, -0.2) is 4.68 Å². The number of benzene rings is 1. The Morgan fingerprint density at radius 3 is 2.58 bits per heavy atom. The molecule has 24 heavy (non-hydrogen) atoms. The van der Waals surface area contributed by atoms with Gasteiger partial charge in [0.15, 0.2) is 0 Å². The van der Waals surface area contributed by atoms with E-state index in [4.69, 9.17) is 0 Å². The minimum absolute atomic E-state index is 0.174. The highest BCUT2D eigenvalue weighted by atomic mass is 16.1. The fourth-order valence-corrected chi connectivity index (χ4v) is 3.64. The van der Waals surface area contributed by atoms with Gasteiger partial charge in [-0.05, 0) is 50.8 Å². The summed E-state index contributed by atoms with van der Waals surface area (Å²) in [4.78, 5) is 12.2. The lowest BCUT2D eigenvalue weighted by Gasteiger charge is -2.22. The fraction of sp³-hybridized carbons (Fsp3) is 0.500. The lowest BCUT2D eigenvalue weighted by molar-refractivity contribution is -0.121. The van der Waals surface area contributed by atoms with Crippen LogP contribution in [0.4, 0.5) is 0 Å². The van der Waals surface area contributed by atoms with Crippen molar-refractivity contribution < 1.29 is 4.79 Å². The molecule has 1 aliphatic carbocycles. The Morgan fingerprint density at radius 1 is 1.17 bits per heavy atom. The van der Waals surface area contributed by atoms with Crippen LogP contribution in [-0.2, 0) is 11.2 Å². The molecule has 0 atom stereocenters. The molecule has 4 nitrogen and oxygen atoms in total. The number of amides is 1. The molecular weight excluding hydrogens is 298 g/mol. The molecule has 2 aromatic rings. The second kappa shape index (κ2) is 7.65. The summed E-state index contributed by atoms with van der Waals surface area (Å²) >= 11 is 0. The third kappa shape index (κ3) is 3.86. The summed E-state index contributed by atoms with van der Waals surface area (Å²) in [6.07, 6.45) is 7.36. The minimum atomic E-state index is 0.174. The summed E-state index contributed by atoms with van der Waals surface area (Å²) in [6.45, 7) is 4.11. The first-order valence-electron chi connectivity index (χ1n) is 9.05. The van der Waals surface area contributed by atoms with E-state index in [1.165, 1.54) is 24.8 Å². The van der Waals surface area contributed by atoms with Crippen LogP contribution in [0.1, 0.15) is 55.5 Å². The van der Waals surface area contributed by atoms with Crippen molar-refractivity contribution in [1.82, 2.24) is 15.1 Å². The van der Waals surface area contributed by atoms with Gasteiger partial charge in [-0.15, -0.1) is 0 Å². The average molecular weight is 325 g/mol. The Labute approximate surface area is 144 Å².